The molecule has 1 aromatic carbocycles. The Morgan fingerprint density at radius 3 is 2.55 bits per heavy atom. The molecule has 1 aromatic heterocycles. The zero-order chi connectivity index (χ0) is 16.3. The number of aromatic nitrogens is 3. The van der Waals surface area contributed by atoms with E-state index in [2.05, 4.69) is 38.1 Å². The molecule has 2 aromatic rings. The van der Waals surface area contributed by atoms with Crippen LogP contribution in [0.25, 0.3) is 0 Å². The number of hydrogen-bond acceptors (Lipinski definition) is 5. The van der Waals surface area contributed by atoms with Crippen molar-refractivity contribution in [3.63, 3.8) is 0 Å². The summed E-state index contributed by atoms with van der Waals surface area (Å²) in [6.07, 6.45) is 0.706. The number of amides is 1. The van der Waals surface area contributed by atoms with Gasteiger partial charge in [0.2, 0.25) is 11.1 Å². The number of halogens is 1. The highest BCUT2D eigenvalue weighted by Crippen LogP contribution is 2.24. The monoisotopic (exact) mass is 431 g/mol. The maximum absolute atomic E-state index is 12.1. The smallest absolute Gasteiger partial charge is 0.234 e. The molecule has 2 rings (SSSR count). The van der Waals surface area contributed by atoms with E-state index in [1.54, 1.807) is 0 Å². The largest absolute Gasteiger partial charge is 0.336 e. The standard InChI is InChI=1S/C14H18IN5OS/c1-4-11-18-19-14(20(11)16)22-7-12(21)17-13-8(2)5-10(15)6-9(13)3/h5-6H,4,7,16H2,1-3H3,(H,17,21). The summed E-state index contributed by atoms with van der Waals surface area (Å²) in [4.78, 5) is 12.1. The van der Waals surface area contributed by atoms with Gasteiger partial charge in [0.15, 0.2) is 5.82 Å². The summed E-state index contributed by atoms with van der Waals surface area (Å²) >= 11 is 3.54. The molecule has 0 atom stereocenters. The first kappa shape index (κ1) is 17.1. The Bertz CT molecular complexity index is 678. The second-order valence-electron chi connectivity index (χ2n) is 4.87. The number of nitrogens with one attached hydrogen (secondary N) is 1. The first-order valence-electron chi connectivity index (χ1n) is 6.81. The minimum Gasteiger partial charge on any atom is -0.336 e. The van der Waals surface area contributed by atoms with Crippen LogP contribution in [0.3, 0.4) is 0 Å². The lowest BCUT2D eigenvalue weighted by molar-refractivity contribution is -0.113. The molecular weight excluding hydrogens is 413 g/mol. The molecule has 0 fully saturated rings. The minimum atomic E-state index is -0.0848. The first-order valence-corrected chi connectivity index (χ1v) is 8.87. The molecule has 3 N–H and O–H groups in total. The lowest BCUT2D eigenvalue weighted by Crippen LogP contribution is -2.18. The number of nitrogen functional groups attached to an aromatic ring is 1. The number of carbonyl (C=O) groups is 1. The van der Waals surface area contributed by atoms with E-state index in [1.807, 2.05) is 32.9 Å². The van der Waals surface area contributed by atoms with Crippen molar-refractivity contribution in [3.8, 4) is 0 Å². The van der Waals surface area contributed by atoms with Crippen LogP contribution in [0, 0.1) is 17.4 Å². The van der Waals surface area contributed by atoms with Crippen LogP contribution in [-0.2, 0) is 11.2 Å². The van der Waals surface area contributed by atoms with Gasteiger partial charge in [-0.1, -0.05) is 18.7 Å². The van der Waals surface area contributed by atoms with Crippen molar-refractivity contribution in [2.24, 2.45) is 0 Å². The Hall–Kier alpha value is -1.29. The first-order chi connectivity index (χ1) is 10.4. The quantitative estimate of drug-likeness (QED) is 0.432. The molecule has 0 aliphatic heterocycles. The molecule has 8 heteroatoms. The summed E-state index contributed by atoms with van der Waals surface area (Å²) in [6, 6.07) is 4.08. The molecule has 0 bridgehead atoms. The number of nitrogens with zero attached hydrogens (tertiary/aromatic N) is 3. The third-order valence-electron chi connectivity index (χ3n) is 3.15. The Labute approximate surface area is 147 Å². The van der Waals surface area contributed by atoms with Crippen molar-refractivity contribution in [1.29, 1.82) is 0 Å². The molecule has 1 heterocycles. The van der Waals surface area contributed by atoms with Gasteiger partial charge in [-0.2, -0.15) is 0 Å². The maximum atomic E-state index is 12.1. The summed E-state index contributed by atoms with van der Waals surface area (Å²) in [5.41, 5.74) is 2.98. The van der Waals surface area contributed by atoms with E-state index in [9.17, 15) is 4.79 Å². The fourth-order valence-corrected chi connectivity index (χ4v) is 3.67. The van der Waals surface area contributed by atoms with Crippen LogP contribution in [0.5, 0.6) is 0 Å². The van der Waals surface area contributed by atoms with E-state index in [0.717, 1.165) is 20.4 Å². The van der Waals surface area contributed by atoms with Crippen LogP contribution in [0.15, 0.2) is 17.3 Å². The second kappa shape index (κ2) is 7.32. The van der Waals surface area contributed by atoms with E-state index in [1.165, 1.54) is 16.4 Å². The normalized spacial score (nSPS) is 10.7. The molecule has 0 radical (unpaired) electrons. The third kappa shape index (κ3) is 3.92. The number of benzene rings is 1. The summed E-state index contributed by atoms with van der Waals surface area (Å²) in [5.74, 6) is 6.71. The fourth-order valence-electron chi connectivity index (χ4n) is 2.06. The van der Waals surface area contributed by atoms with E-state index in [4.69, 9.17) is 5.84 Å². The number of carbonyl (C=O) groups excluding carboxylic acids is 1. The molecule has 6 nitrogen and oxygen atoms in total. The topological polar surface area (TPSA) is 85.8 Å². The van der Waals surface area contributed by atoms with Gasteiger partial charge in [-0.05, 0) is 59.7 Å². The Kier molecular flexibility index (Phi) is 5.68. The molecular formula is C14H18IN5OS. The van der Waals surface area contributed by atoms with Crippen LogP contribution in [0.1, 0.15) is 23.9 Å². The molecule has 0 aliphatic rings. The highest BCUT2D eigenvalue weighted by Gasteiger charge is 2.13. The molecule has 22 heavy (non-hydrogen) atoms. The third-order valence-corrected chi connectivity index (χ3v) is 4.71. The number of rotatable bonds is 5. The predicted molar refractivity (Wildman–Crippen MR) is 97.5 cm³/mol. The molecule has 118 valence electrons. The SMILES string of the molecule is CCc1nnc(SCC(=O)Nc2c(C)cc(I)cc2C)n1N. The highest BCUT2D eigenvalue weighted by molar-refractivity contribution is 14.1. The molecule has 0 aliphatic carbocycles. The van der Waals surface area contributed by atoms with Gasteiger partial charge in [-0.25, -0.2) is 4.68 Å². The zero-order valence-corrected chi connectivity index (χ0v) is 15.7. The van der Waals surface area contributed by atoms with Crippen molar-refractivity contribution >= 4 is 45.9 Å². The average Bonchev–Trinajstić information content (AvgIpc) is 2.81. The number of aryl methyl sites for hydroxylation is 3. The molecule has 0 unspecified atom stereocenters. The summed E-state index contributed by atoms with van der Waals surface area (Å²) in [6.45, 7) is 5.93. The van der Waals surface area contributed by atoms with Gasteiger partial charge in [0.25, 0.3) is 0 Å². The second-order valence-corrected chi connectivity index (χ2v) is 7.06. The predicted octanol–water partition coefficient (Wildman–Crippen LogP) is 2.51. The minimum absolute atomic E-state index is 0.0848. The van der Waals surface area contributed by atoms with Gasteiger partial charge in [-0.15, -0.1) is 10.2 Å². The van der Waals surface area contributed by atoms with Crippen LogP contribution in [0.2, 0.25) is 0 Å². The van der Waals surface area contributed by atoms with E-state index < -0.39 is 0 Å². The number of anilines is 1. The van der Waals surface area contributed by atoms with Crippen molar-refractivity contribution in [2.75, 3.05) is 16.9 Å². The molecule has 1 amide bonds. The maximum Gasteiger partial charge on any atom is 0.234 e. The van der Waals surface area contributed by atoms with E-state index in [-0.39, 0.29) is 11.7 Å². The van der Waals surface area contributed by atoms with E-state index in [0.29, 0.717) is 17.4 Å². The molecule has 0 saturated carbocycles. The van der Waals surface area contributed by atoms with Crippen LogP contribution < -0.4 is 11.2 Å². The lowest BCUT2D eigenvalue weighted by Gasteiger charge is -2.12. The lowest BCUT2D eigenvalue weighted by atomic mass is 10.1. The Balaban J connectivity index is 2.00. The summed E-state index contributed by atoms with van der Waals surface area (Å²) < 4.78 is 2.59. The van der Waals surface area contributed by atoms with Crippen molar-refractivity contribution in [2.45, 2.75) is 32.3 Å². The van der Waals surface area contributed by atoms with Crippen LogP contribution in [-0.4, -0.2) is 26.5 Å². The number of nitrogens with two attached hydrogens (primary N) is 1. The fraction of sp³-hybridized carbons (Fsp3) is 0.357. The summed E-state index contributed by atoms with van der Waals surface area (Å²) in [7, 11) is 0. The van der Waals surface area contributed by atoms with Crippen molar-refractivity contribution in [1.82, 2.24) is 14.9 Å². The Morgan fingerprint density at radius 2 is 2.00 bits per heavy atom. The number of thioether (sulfide) groups is 1. The average molecular weight is 431 g/mol. The van der Waals surface area contributed by atoms with Gasteiger partial charge in [0.1, 0.15) is 0 Å². The molecule has 0 spiro atoms. The molecule has 0 saturated heterocycles. The van der Waals surface area contributed by atoms with Crippen LogP contribution >= 0.6 is 34.4 Å². The van der Waals surface area contributed by atoms with Crippen molar-refractivity contribution in [3.05, 3.63) is 32.7 Å². The van der Waals surface area contributed by atoms with Gasteiger partial charge in [-0.3, -0.25) is 4.79 Å². The van der Waals surface area contributed by atoms with Gasteiger partial charge in [0.05, 0.1) is 5.75 Å². The van der Waals surface area contributed by atoms with Gasteiger partial charge < -0.3 is 11.2 Å². The van der Waals surface area contributed by atoms with Crippen LogP contribution in [0.4, 0.5) is 5.69 Å². The van der Waals surface area contributed by atoms with Gasteiger partial charge >= 0.3 is 0 Å². The van der Waals surface area contributed by atoms with Gasteiger partial charge in [0, 0.05) is 15.7 Å². The van der Waals surface area contributed by atoms with Crippen molar-refractivity contribution < 1.29 is 4.79 Å². The number of hydrogen-bond donors (Lipinski definition) is 2. The zero-order valence-electron chi connectivity index (χ0n) is 12.7. The summed E-state index contributed by atoms with van der Waals surface area (Å²) in [5, 5.41) is 11.5. The highest BCUT2D eigenvalue weighted by atomic mass is 127. The Morgan fingerprint density at radius 1 is 1.36 bits per heavy atom. The van der Waals surface area contributed by atoms with E-state index >= 15 is 0 Å².